The predicted molar refractivity (Wildman–Crippen MR) is 82.2 cm³/mol. The molecule has 0 aliphatic heterocycles. The van der Waals surface area contributed by atoms with Gasteiger partial charge in [-0.05, 0) is 42.4 Å². The van der Waals surface area contributed by atoms with Crippen molar-refractivity contribution in [1.82, 2.24) is 5.16 Å². The van der Waals surface area contributed by atoms with Crippen LogP contribution in [-0.4, -0.2) is 5.16 Å². The van der Waals surface area contributed by atoms with Crippen molar-refractivity contribution >= 4 is 21.8 Å². The fraction of sp³-hybridized carbons (Fsp3) is 0.438. The summed E-state index contributed by atoms with van der Waals surface area (Å²) in [6.45, 7) is 0. The molecule has 0 spiro atoms. The lowest BCUT2D eigenvalue weighted by molar-refractivity contribution is 0.426. The summed E-state index contributed by atoms with van der Waals surface area (Å²) in [6.07, 6.45) is 5.38. The minimum Gasteiger partial charge on any atom is -0.367 e. The first-order chi connectivity index (χ1) is 9.75. The fourth-order valence-electron chi connectivity index (χ4n) is 3.88. The SMILES string of the molecule is Nc1onc(C2C3CCCCC32)c1-c1cccc(Br)c1. The van der Waals surface area contributed by atoms with Crippen molar-refractivity contribution in [1.29, 1.82) is 0 Å². The summed E-state index contributed by atoms with van der Waals surface area (Å²) < 4.78 is 6.36. The summed E-state index contributed by atoms with van der Waals surface area (Å²) in [6, 6.07) is 8.20. The zero-order chi connectivity index (χ0) is 13.7. The normalized spacial score (nSPS) is 28.1. The molecule has 2 saturated carbocycles. The molecule has 2 aliphatic carbocycles. The van der Waals surface area contributed by atoms with Crippen LogP contribution in [0, 0.1) is 11.8 Å². The number of anilines is 1. The number of benzene rings is 1. The third-order valence-corrected chi connectivity index (χ3v) is 5.32. The summed E-state index contributed by atoms with van der Waals surface area (Å²) in [5.41, 5.74) is 9.21. The van der Waals surface area contributed by atoms with Gasteiger partial charge in [0.1, 0.15) is 0 Å². The van der Waals surface area contributed by atoms with Gasteiger partial charge in [0.2, 0.25) is 5.88 Å². The molecule has 0 bridgehead atoms. The van der Waals surface area contributed by atoms with E-state index in [1.54, 1.807) is 0 Å². The third-order valence-electron chi connectivity index (χ3n) is 4.83. The quantitative estimate of drug-likeness (QED) is 0.874. The molecule has 1 aromatic heterocycles. The van der Waals surface area contributed by atoms with Crippen molar-refractivity contribution in [2.45, 2.75) is 31.6 Å². The first kappa shape index (κ1) is 12.5. The molecule has 2 fully saturated rings. The number of nitrogen functional groups attached to an aromatic ring is 1. The van der Waals surface area contributed by atoms with Gasteiger partial charge in [0.25, 0.3) is 0 Å². The van der Waals surface area contributed by atoms with Crippen LogP contribution in [0.15, 0.2) is 33.3 Å². The molecular formula is C16H17BrN2O. The van der Waals surface area contributed by atoms with E-state index >= 15 is 0 Å². The van der Waals surface area contributed by atoms with Crippen LogP contribution in [-0.2, 0) is 0 Å². The minimum absolute atomic E-state index is 0.446. The second-order valence-electron chi connectivity index (χ2n) is 5.96. The first-order valence-electron chi connectivity index (χ1n) is 7.26. The highest BCUT2D eigenvalue weighted by molar-refractivity contribution is 9.10. The van der Waals surface area contributed by atoms with Crippen LogP contribution in [0.5, 0.6) is 0 Å². The predicted octanol–water partition coefficient (Wildman–Crippen LogP) is 4.59. The summed E-state index contributed by atoms with van der Waals surface area (Å²) in [4.78, 5) is 0. The molecule has 3 nitrogen and oxygen atoms in total. The number of nitrogens with zero attached hydrogens (tertiary/aromatic N) is 1. The van der Waals surface area contributed by atoms with E-state index in [4.69, 9.17) is 10.3 Å². The Kier molecular flexibility index (Phi) is 2.88. The zero-order valence-corrected chi connectivity index (χ0v) is 12.8. The number of rotatable bonds is 2. The summed E-state index contributed by atoms with van der Waals surface area (Å²) >= 11 is 3.52. The van der Waals surface area contributed by atoms with Gasteiger partial charge < -0.3 is 10.3 Å². The Balaban J connectivity index is 1.75. The molecule has 0 amide bonds. The van der Waals surface area contributed by atoms with Gasteiger partial charge in [0.05, 0.1) is 11.3 Å². The van der Waals surface area contributed by atoms with Crippen LogP contribution in [0.3, 0.4) is 0 Å². The smallest absolute Gasteiger partial charge is 0.230 e. The van der Waals surface area contributed by atoms with Crippen LogP contribution < -0.4 is 5.73 Å². The molecule has 0 radical (unpaired) electrons. The molecule has 1 heterocycles. The number of aromatic nitrogens is 1. The Morgan fingerprint density at radius 1 is 1.20 bits per heavy atom. The molecule has 104 valence electrons. The number of fused-ring (bicyclic) bond motifs is 1. The number of nitrogens with two attached hydrogens (primary N) is 1. The maximum atomic E-state index is 6.03. The second-order valence-corrected chi connectivity index (χ2v) is 6.87. The lowest BCUT2D eigenvalue weighted by atomic mass is 10.0. The molecule has 1 aromatic carbocycles. The van der Waals surface area contributed by atoms with Crippen LogP contribution in [0.1, 0.15) is 37.3 Å². The fourth-order valence-corrected chi connectivity index (χ4v) is 4.27. The summed E-state index contributed by atoms with van der Waals surface area (Å²) in [5, 5.41) is 4.29. The van der Waals surface area contributed by atoms with Crippen molar-refractivity contribution in [3.05, 3.63) is 34.4 Å². The highest BCUT2D eigenvalue weighted by atomic mass is 79.9. The first-order valence-corrected chi connectivity index (χ1v) is 8.06. The molecular weight excluding hydrogens is 316 g/mol. The van der Waals surface area contributed by atoms with Gasteiger partial charge in [-0.25, -0.2) is 0 Å². The molecule has 2 aliphatic rings. The van der Waals surface area contributed by atoms with E-state index in [0.717, 1.165) is 33.1 Å². The Morgan fingerprint density at radius 3 is 2.65 bits per heavy atom. The van der Waals surface area contributed by atoms with Crippen molar-refractivity contribution in [3.63, 3.8) is 0 Å². The molecule has 0 saturated heterocycles. The van der Waals surface area contributed by atoms with Crippen LogP contribution in [0.4, 0.5) is 5.88 Å². The monoisotopic (exact) mass is 332 g/mol. The third kappa shape index (κ3) is 1.89. The lowest BCUT2D eigenvalue weighted by Crippen LogP contribution is -1.91. The second kappa shape index (κ2) is 4.62. The molecule has 20 heavy (non-hydrogen) atoms. The highest BCUT2D eigenvalue weighted by Crippen LogP contribution is 2.62. The van der Waals surface area contributed by atoms with Gasteiger partial charge in [-0.2, -0.15) is 0 Å². The average Bonchev–Trinajstić information content (AvgIpc) is 3.06. The van der Waals surface area contributed by atoms with Crippen molar-refractivity contribution < 1.29 is 4.52 Å². The van der Waals surface area contributed by atoms with E-state index in [1.807, 2.05) is 12.1 Å². The van der Waals surface area contributed by atoms with Crippen molar-refractivity contribution in [2.24, 2.45) is 11.8 Å². The maximum absolute atomic E-state index is 6.03. The standard InChI is InChI=1S/C16H17BrN2O/c17-10-5-3-4-9(8-10)13-15(19-20-16(13)18)14-11-6-1-2-7-12(11)14/h3-5,8,11-12,14H,1-2,6-7,18H2. The maximum Gasteiger partial charge on any atom is 0.230 e. The van der Waals surface area contributed by atoms with E-state index in [2.05, 4.69) is 33.2 Å². The van der Waals surface area contributed by atoms with Gasteiger partial charge in [0, 0.05) is 10.4 Å². The van der Waals surface area contributed by atoms with E-state index in [0.29, 0.717) is 11.8 Å². The molecule has 4 heteroatoms. The van der Waals surface area contributed by atoms with Gasteiger partial charge in [-0.1, -0.05) is 46.1 Å². The number of hydrogen-bond acceptors (Lipinski definition) is 3. The van der Waals surface area contributed by atoms with Crippen LogP contribution in [0.25, 0.3) is 11.1 Å². The van der Waals surface area contributed by atoms with Crippen molar-refractivity contribution in [3.8, 4) is 11.1 Å². The van der Waals surface area contributed by atoms with E-state index in [9.17, 15) is 0 Å². The minimum atomic E-state index is 0.446. The Bertz CT molecular complexity index is 640. The summed E-state index contributed by atoms with van der Waals surface area (Å²) in [5.74, 6) is 2.62. The molecule has 4 rings (SSSR count). The van der Waals surface area contributed by atoms with Crippen molar-refractivity contribution in [2.75, 3.05) is 5.73 Å². The molecule has 2 aromatic rings. The Hall–Kier alpha value is -1.29. The molecule has 2 atom stereocenters. The number of halogens is 1. The number of hydrogen-bond donors (Lipinski definition) is 1. The van der Waals surface area contributed by atoms with Gasteiger partial charge in [-0.15, -0.1) is 0 Å². The topological polar surface area (TPSA) is 52.0 Å². The van der Waals surface area contributed by atoms with E-state index in [-0.39, 0.29) is 0 Å². The molecule has 2 N–H and O–H groups in total. The lowest BCUT2D eigenvalue weighted by Gasteiger charge is -2.04. The van der Waals surface area contributed by atoms with Gasteiger partial charge in [0.15, 0.2) is 0 Å². The van der Waals surface area contributed by atoms with Crippen LogP contribution >= 0.6 is 15.9 Å². The van der Waals surface area contributed by atoms with Gasteiger partial charge in [-0.3, -0.25) is 0 Å². The Morgan fingerprint density at radius 2 is 1.95 bits per heavy atom. The summed E-state index contributed by atoms with van der Waals surface area (Å²) in [7, 11) is 0. The zero-order valence-electron chi connectivity index (χ0n) is 11.2. The average molecular weight is 333 g/mol. The van der Waals surface area contributed by atoms with Crippen LogP contribution in [0.2, 0.25) is 0 Å². The van der Waals surface area contributed by atoms with Gasteiger partial charge >= 0.3 is 0 Å². The highest BCUT2D eigenvalue weighted by Gasteiger charge is 2.53. The Labute approximate surface area is 126 Å². The van der Waals surface area contributed by atoms with E-state index in [1.165, 1.54) is 25.7 Å². The largest absolute Gasteiger partial charge is 0.367 e. The van der Waals surface area contributed by atoms with E-state index < -0.39 is 0 Å². The molecule has 2 unspecified atom stereocenters.